The Hall–Kier alpha value is -1.58. The van der Waals surface area contributed by atoms with Crippen LogP contribution in [0.15, 0.2) is 24.0 Å². The molecule has 92 valence electrons. The van der Waals surface area contributed by atoms with Gasteiger partial charge in [0, 0.05) is 12.8 Å². The number of allylic oxidation sites excluding steroid dienone is 3. The fraction of sp³-hybridized carbons (Fsp3) is 0.538. The van der Waals surface area contributed by atoms with Crippen LogP contribution in [0.4, 0.5) is 0 Å². The first-order valence-electron chi connectivity index (χ1n) is 6.10. The highest BCUT2D eigenvalue weighted by molar-refractivity contribution is 5.97. The lowest BCUT2D eigenvalue weighted by Gasteiger charge is -2.24. The second-order valence-electron chi connectivity index (χ2n) is 4.23. The van der Waals surface area contributed by atoms with Gasteiger partial charge in [0.2, 0.25) is 11.8 Å². The first-order chi connectivity index (χ1) is 8.27. The van der Waals surface area contributed by atoms with Crippen LogP contribution in [0.1, 0.15) is 32.1 Å². The molecule has 0 spiro atoms. The van der Waals surface area contributed by atoms with Crippen LogP contribution in [0.25, 0.3) is 0 Å². The normalized spacial score (nSPS) is 20.5. The minimum Gasteiger partial charge on any atom is -0.492 e. The van der Waals surface area contributed by atoms with E-state index in [0.29, 0.717) is 32.4 Å². The molecule has 1 heterocycles. The van der Waals surface area contributed by atoms with Gasteiger partial charge in [-0.25, -0.2) is 0 Å². The number of ether oxygens (including phenoxy) is 1. The summed E-state index contributed by atoms with van der Waals surface area (Å²) in [5, 5.41) is 0. The first kappa shape index (κ1) is 11.9. The van der Waals surface area contributed by atoms with Gasteiger partial charge in [-0.1, -0.05) is 6.08 Å². The van der Waals surface area contributed by atoms with Crippen molar-refractivity contribution in [3.63, 3.8) is 0 Å². The Morgan fingerprint density at radius 2 is 1.94 bits per heavy atom. The predicted octanol–water partition coefficient (Wildman–Crippen LogP) is 1.78. The van der Waals surface area contributed by atoms with Crippen molar-refractivity contribution in [2.24, 2.45) is 0 Å². The lowest BCUT2D eigenvalue weighted by atomic mass is 10.1. The molecule has 1 aliphatic carbocycles. The SMILES string of the molecule is O=C1CCCC(=O)N1CCOC1=CCCC=C1. The fourth-order valence-electron chi connectivity index (χ4n) is 2.00. The molecule has 2 aliphatic rings. The molecule has 0 N–H and O–H groups in total. The van der Waals surface area contributed by atoms with E-state index in [9.17, 15) is 9.59 Å². The molecule has 2 amide bonds. The number of nitrogens with zero attached hydrogens (tertiary/aromatic N) is 1. The average molecular weight is 235 g/mol. The van der Waals surface area contributed by atoms with E-state index < -0.39 is 0 Å². The molecule has 4 nitrogen and oxygen atoms in total. The Labute approximate surface area is 101 Å². The summed E-state index contributed by atoms with van der Waals surface area (Å²) >= 11 is 0. The third-order valence-corrected chi connectivity index (χ3v) is 2.93. The molecular weight excluding hydrogens is 218 g/mol. The van der Waals surface area contributed by atoms with Crippen LogP contribution in [-0.4, -0.2) is 29.9 Å². The van der Waals surface area contributed by atoms with Gasteiger partial charge in [-0.3, -0.25) is 14.5 Å². The number of carbonyl (C=O) groups excluding carboxylic acids is 2. The summed E-state index contributed by atoms with van der Waals surface area (Å²) in [6.45, 7) is 0.747. The maximum Gasteiger partial charge on any atom is 0.229 e. The monoisotopic (exact) mass is 235 g/mol. The van der Waals surface area contributed by atoms with Gasteiger partial charge in [-0.15, -0.1) is 0 Å². The van der Waals surface area contributed by atoms with Gasteiger partial charge < -0.3 is 4.74 Å². The molecule has 17 heavy (non-hydrogen) atoms. The zero-order valence-electron chi connectivity index (χ0n) is 9.85. The molecule has 0 radical (unpaired) electrons. The van der Waals surface area contributed by atoms with Crippen LogP contribution in [0.2, 0.25) is 0 Å². The van der Waals surface area contributed by atoms with Crippen molar-refractivity contribution in [1.29, 1.82) is 0 Å². The van der Waals surface area contributed by atoms with Crippen LogP contribution in [0.5, 0.6) is 0 Å². The molecule has 0 unspecified atom stereocenters. The largest absolute Gasteiger partial charge is 0.492 e. The Morgan fingerprint density at radius 1 is 1.18 bits per heavy atom. The van der Waals surface area contributed by atoms with Crippen molar-refractivity contribution in [3.8, 4) is 0 Å². The van der Waals surface area contributed by atoms with Gasteiger partial charge in [0.05, 0.1) is 6.54 Å². The highest BCUT2D eigenvalue weighted by Crippen LogP contribution is 2.13. The Morgan fingerprint density at radius 3 is 2.59 bits per heavy atom. The Kier molecular flexibility index (Phi) is 3.96. The second-order valence-corrected chi connectivity index (χ2v) is 4.23. The number of imide groups is 1. The van der Waals surface area contributed by atoms with Crippen LogP contribution >= 0.6 is 0 Å². The van der Waals surface area contributed by atoms with Crippen molar-refractivity contribution in [2.75, 3.05) is 13.2 Å². The zero-order chi connectivity index (χ0) is 12.1. The van der Waals surface area contributed by atoms with E-state index in [0.717, 1.165) is 18.6 Å². The maximum absolute atomic E-state index is 11.5. The second kappa shape index (κ2) is 5.66. The van der Waals surface area contributed by atoms with Gasteiger partial charge in [0.1, 0.15) is 12.4 Å². The summed E-state index contributed by atoms with van der Waals surface area (Å²) in [6, 6.07) is 0. The number of hydrogen-bond acceptors (Lipinski definition) is 3. The summed E-state index contributed by atoms with van der Waals surface area (Å²) in [6.07, 6.45) is 9.71. The Balaban J connectivity index is 1.77. The molecule has 1 aliphatic heterocycles. The topological polar surface area (TPSA) is 46.6 Å². The van der Waals surface area contributed by atoms with Crippen LogP contribution in [0, 0.1) is 0 Å². The van der Waals surface area contributed by atoms with E-state index in [2.05, 4.69) is 6.08 Å². The molecule has 0 aromatic carbocycles. The third kappa shape index (κ3) is 3.19. The van der Waals surface area contributed by atoms with Crippen molar-refractivity contribution >= 4 is 11.8 Å². The lowest BCUT2D eigenvalue weighted by Crippen LogP contribution is -2.41. The van der Waals surface area contributed by atoms with Crippen LogP contribution in [-0.2, 0) is 14.3 Å². The summed E-state index contributed by atoms with van der Waals surface area (Å²) in [4.78, 5) is 24.3. The standard InChI is InChI=1S/C13H17NO3/c15-12-7-4-8-13(16)14(12)9-10-17-11-5-2-1-3-6-11/h2,5-6H,1,3-4,7-10H2. The Bertz CT molecular complexity index is 355. The van der Waals surface area contributed by atoms with Gasteiger partial charge in [-0.2, -0.15) is 0 Å². The smallest absolute Gasteiger partial charge is 0.229 e. The number of hydrogen-bond donors (Lipinski definition) is 0. The van der Waals surface area contributed by atoms with Crippen LogP contribution in [0.3, 0.4) is 0 Å². The molecule has 4 heteroatoms. The van der Waals surface area contributed by atoms with E-state index in [-0.39, 0.29) is 11.8 Å². The molecule has 1 fully saturated rings. The molecule has 0 atom stereocenters. The van der Waals surface area contributed by atoms with Gasteiger partial charge in [0.25, 0.3) is 0 Å². The maximum atomic E-state index is 11.5. The van der Waals surface area contributed by atoms with E-state index in [1.807, 2.05) is 12.2 Å². The van der Waals surface area contributed by atoms with Crippen molar-refractivity contribution < 1.29 is 14.3 Å². The summed E-state index contributed by atoms with van der Waals surface area (Å²) in [7, 11) is 0. The summed E-state index contributed by atoms with van der Waals surface area (Å²) < 4.78 is 5.51. The highest BCUT2D eigenvalue weighted by Gasteiger charge is 2.25. The number of rotatable bonds is 4. The summed E-state index contributed by atoms with van der Waals surface area (Å²) in [5.41, 5.74) is 0. The minimum absolute atomic E-state index is 0.0713. The van der Waals surface area contributed by atoms with Crippen molar-refractivity contribution in [3.05, 3.63) is 24.0 Å². The number of likely N-dealkylation sites (tertiary alicyclic amines) is 1. The van der Waals surface area contributed by atoms with E-state index in [1.165, 1.54) is 4.90 Å². The highest BCUT2D eigenvalue weighted by atomic mass is 16.5. The number of piperidine rings is 1. The molecular formula is C13H17NO3. The minimum atomic E-state index is -0.0713. The quantitative estimate of drug-likeness (QED) is 0.698. The van der Waals surface area contributed by atoms with Gasteiger partial charge >= 0.3 is 0 Å². The van der Waals surface area contributed by atoms with E-state index >= 15 is 0 Å². The lowest BCUT2D eigenvalue weighted by molar-refractivity contribution is -0.148. The van der Waals surface area contributed by atoms with Crippen LogP contribution < -0.4 is 0 Å². The van der Waals surface area contributed by atoms with Gasteiger partial charge in [0.15, 0.2) is 0 Å². The fourth-order valence-corrected chi connectivity index (χ4v) is 2.00. The molecule has 0 aromatic rings. The van der Waals surface area contributed by atoms with Crippen molar-refractivity contribution in [2.45, 2.75) is 32.1 Å². The molecule has 0 aromatic heterocycles. The average Bonchev–Trinajstić information content (AvgIpc) is 2.34. The first-order valence-corrected chi connectivity index (χ1v) is 6.10. The number of carbonyl (C=O) groups is 2. The number of amides is 2. The molecule has 0 saturated carbocycles. The predicted molar refractivity (Wildman–Crippen MR) is 63.0 cm³/mol. The van der Waals surface area contributed by atoms with E-state index in [1.54, 1.807) is 0 Å². The third-order valence-electron chi connectivity index (χ3n) is 2.93. The van der Waals surface area contributed by atoms with Crippen molar-refractivity contribution in [1.82, 2.24) is 4.90 Å². The molecule has 2 rings (SSSR count). The van der Waals surface area contributed by atoms with Gasteiger partial charge in [-0.05, 0) is 31.4 Å². The zero-order valence-corrected chi connectivity index (χ0v) is 9.85. The molecule has 0 bridgehead atoms. The summed E-state index contributed by atoms with van der Waals surface area (Å²) in [5.74, 6) is 0.698. The molecule has 1 saturated heterocycles. The van der Waals surface area contributed by atoms with E-state index in [4.69, 9.17) is 4.74 Å².